The number of aliphatic hydroxyl groups is 1. The smallest absolute Gasteiger partial charge is 0.416 e. The average molecular weight is 461 g/mol. The Morgan fingerprint density at radius 2 is 1.76 bits per heavy atom. The Balaban J connectivity index is 1.60. The Hall–Kier alpha value is -1.63. The second kappa shape index (κ2) is 9.02. The van der Waals surface area contributed by atoms with E-state index >= 15 is 0 Å². The lowest BCUT2D eigenvalue weighted by Crippen LogP contribution is -2.19. The number of hydrogen-bond donors (Lipinski definition) is 1. The van der Waals surface area contributed by atoms with Crippen LogP contribution in [0.4, 0.5) is 13.2 Å². The fourth-order valence-electron chi connectivity index (χ4n) is 3.26. The van der Waals surface area contributed by atoms with E-state index in [0.717, 1.165) is 17.0 Å². The normalized spacial score (nSPS) is 17.7. The largest absolute Gasteiger partial charge is 0.512 e. The molecule has 0 spiro atoms. The summed E-state index contributed by atoms with van der Waals surface area (Å²) in [6.45, 7) is 0. The maximum absolute atomic E-state index is 12.6. The minimum atomic E-state index is -4.35. The summed E-state index contributed by atoms with van der Waals surface area (Å²) in [5.74, 6) is 0.435. The first kappa shape index (κ1) is 22.1. The molecule has 1 aliphatic rings. The Morgan fingerprint density at radius 3 is 2.34 bits per heavy atom. The Kier molecular flexibility index (Phi) is 6.87. The van der Waals surface area contributed by atoms with E-state index < -0.39 is 11.7 Å². The minimum Gasteiger partial charge on any atom is -0.512 e. The van der Waals surface area contributed by atoms with Gasteiger partial charge in [-0.25, -0.2) is 0 Å². The summed E-state index contributed by atoms with van der Waals surface area (Å²) in [6.07, 6.45) is -3.05. The fraction of sp³-hybridized carbons (Fsp3) is 0.286. The van der Waals surface area contributed by atoms with Crippen LogP contribution >= 0.6 is 35.0 Å². The van der Waals surface area contributed by atoms with Crippen molar-refractivity contribution in [2.75, 3.05) is 5.75 Å². The number of thioether (sulfide) groups is 1. The molecule has 0 aliphatic heterocycles. The van der Waals surface area contributed by atoms with Crippen LogP contribution in [-0.4, -0.2) is 16.6 Å². The molecule has 0 amide bonds. The van der Waals surface area contributed by atoms with Crippen LogP contribution in [0.15, 0.2) is 53.1 Å². The molecule has 1 atom stereocenters. The first-order chi connectivity index (χ1) is 13.6. The van der Waals surface area contributed by atoms with Gasteiger partial charge < -0.3 is 5.11 Å². The second-order valence-corrected chi connectivity index (χ2v) is 8.81. The van der Waals surface area contributed by atoms with Crippen molar-refractivity contribution >= 4 is 46.3 Å². The number of carbonyl (C=O) groups excluding carboxylic acids is 1. The molecule has 0 bridgehead atoms. The molecule has 8 heteroatoms. The van der Waals surface area contributed by atoms with Gasteiger partial charge in [0.05, 0.1) is 16.2 Å². The standard InChI is InChI=1S/C21H17Cl2F3O2S/c22-14-3-6-16(17(23)11-14)20-18(27)9-12(10-19(20)28)7-8-29-15-4-1-13(2-5-15)21(24,25)26/h1-6,11-12,27H,7-10H2. The lowest BCUT2D eigenvalue weighted by molar-refractivity contribution is -0.137. The predicted molar refractivity (Wildman–Crippen MR) is 111 cm³/mol. The summed E-state index contributed by atoms with van der Waals surface area (Å²) in [5, 5.41) is 11.2. The number of carbonyl (C=O) groups is 1. The van der Waals surface area contributed by atoms with Crippen molar-refractivity contribution in [1.29, 1.82) is 0 Å². The van der Waals surface area contributed by atoms with Gasteiger partial charge in [-0.1, -0.05) is 29.3 Å². The molecule has 0 radical (unpaired) electrons. The van der Waals surface area contributed by atoms with E-state index in [-0.39, 0.29) is 29.5 Å². The summed E-state index contributed by atoms with van der Waals surface area (Å²) in [7, 11) is 0. The molecule has 3 rings (SSSR count). The molecule has 0 aromatic heterocycles. The van der Waals surface area contributed by atoms with E-state index in [0.29, 0.717) is 34.2 Å². The topological polar surface area (TPSA) is 37.3 Å². The molecule has 1 N–H and O–H groups in total. The zero-order valence-corrected chi connectivity index (χ0v) is 17.4. The number of rotatable bonds is 5. The van der Waals surface area contributed by atoms with Crippen molar-refractivity contribution in [2.24, 2.45) is 5.92 Å². The van der Waals surface area contributed by atoms with Crippen molar-refractivity contribution in [3.05, 3.63) is 69.4 Å². The maximum atomic E-state index is 12.6. The van der Waals surface area contributed by atoms with E-state index in [1.165, 1.54) is 30.0 Å². The number of halogens is 5. The van der Waals surface area contributed by atoms with Crippen molar-refractivity contribution in [3.8, 4) is 0 Å². The van der Waals surface area contributed by atoms with E-state index in [4.69, 9.17) is 23.2 Å². The van der Waals surface area contributed by atoms with Crippen molar-refractivity contribution < 1.29 is 23.1 Å². The number of ketones is 1. The molecule has 2 aromatic carbocycles. The lowest BCUT2D eigenvalue weighted by Gasteiger charge is -2.24. The van der Waals surface area contributed by atoms with E-state index in [9.17, 15) is 23.1 Å². The molecule has 1 aliphatic carbocycles. The second-order valence-electron chi connectivity index (χ2n) is 6.80. The SMILES string of the molecule is O=C1CC(CCSc2ccc(C(F)(F)F)cc2)CC(O)=C1c1ccc(Cl)cc1Cl. The number of aliphatic hydroxyl groups excluding tert-OH is 1. The summed E-state index contributed by atoms with van der Waals surface area (Å²) in [6, 6.07) is 9.76. The number of alkyl halides is 3. The molecule has 154 valence electrons. The quantitative estimate of drug-likeness (QED) is 0.470. The predicted octanol–water partition coefficient (Wildman–Crippen LogP) is 7.44. The van der Waals surface area contributed by atoms with Crippen molar-refractivity contribution in [1.82, 2.24) is 0 Å². The summed E-state index contributed by atoms with van der Waals surface area (Å²) in [5.41, 5.74) is 0.0256. The van der Waals surface area contributed by atoms with Gasteiger partial charge in [-0.05, 0) is 54.5 Å². The van der Waals surface area contributed by atoms with Gasteiger partial charge in [0.1, 0.15) is 5.76 Å². The van der Waals surface area contributed by atoms with Crippen LogP contribution in [0.2, 0.25) is 10.0 Å². The molecule has 0 fully saturated rings. The van der Waals surface area contributed by atoms with Gasteiger partial charge in [-0.15, -0.1) is 11.8 Å². The van der Waals surface area contributed by atoms with Gasteiger partial charge in [0.15, 0.2) is 5.78 Å². The Bertz CT molecular complexity index is 940. The Labute approximate surface area is 180 Å². The van der Waals surface area contributed by atoms with Gasteiger partial charge in [-0.2, -0.15) is 13.2 Å². The van der Waals surface area contributed by atoms with Crippen LogP contribution < -0.4 is 0 Å². The molecule has 0 heterocycles. The number of Topliss-reactive ketones (excluding diaryl/α,β-unsaturated/α-hetero) is 1. The van der Waals surface area contributed by atoms with Crippen LogP contribution in [0.25, 0.3) is 5.57 Å². The molecule has 0 saturated heterocycles. The summed E-state index contributed by atoms with van der Waals surface area (Å²) in [4.78, 5) is 13.3. The molecule has 0 saturated carbocycles. The van der Waals surface area contributed by atoms with Gasteiger partial charge in [-0.3, -0.25) is 4.79 Å². The number of hydrogen-bond acceptors (Lipinski definition) is 3. The minimum absolute atomic E-state index is 0.00926. The molecule has 2 aromatic rings. The average Bonchev–Trinajstić information content (AvgIpc) is 2.62. The van der Waals surface area contributed by atoms with E-state index in [2.05, 4.69) is 0 Å². The molecule has 2 nitrogen and oxygen atoms in total. The van der Waals surface area contributed by atoms with E-state index in [1.54, 1.807) is 12.1 Å². The fourth-order valence-corrected chi connectivity index (χ4v) is 4.78. The molecular formula is C21H17Cl2F3O2S. The monoisotopic (exact) mass is 460 g/mol. The van der Waals surface area contributed by atoms with Gasteiger partial charge in [0.25, 0.3) is 0 Å². The first-order valence-corrected chi connectivity index (χ1v) is 10.6. The van der Waals surface area contributed by atoms with Gasteiger partial charge in [0.2, 0.25) is 0 Å². The number of allylic oxidation sites excluding steroid dienone is 2. The van der Waals surface area contributed by atoms with Crippen molar-refractivity contribution in [3.63, 3.8) is 0 Å². The summed E-state index contributed by atoms with van der Waals surface area (Å²) < 4.78 is 37.8. The zero-order chi connectivity index (χ0) is 21.2. The third-order valence-corrected chi connectivity index (χ3v) is 6.29. The highest BCUT2D eigenvalue weighted by Crippen LogP contribution is 2.38. The van der Waals surface area contributed by atoms with Crippen LogP contribution in [0.3, 0.4) is 0 Å². The maximum Gasteiger partial charge on any atom is 0.416 e. The van der Waals surface area contributed by atoms with Crippen LogP contribution in [0.1, 0.15) is 30.4 Å². The highest BCUT2D eigenvalue weighted by Gasteiger charge is 2.31. The highest BCUT2D eigenvalue weighted by molar-refractivity contribution is 7.99. The molecular weight excluding hydrogens is 444 g/mol. The van der Waals surface area contributed by atoms with Crippen LogP contribution in [0, 0.1) is 5.92 Å². The molecule has 1 unspecified atom stereocenters. The van der Waals surface area contributed by atoms with Crippen LogP contribution in [0.5, 0.6) is 0 Å². The highest BCUT2D eigenvalue weighted by atomic mass is 35.5. The Morgan fingerprint density at radius 1 is 1.07 bits per heavy atom. The van der Waals surface area contributed by atoms with Gasteiger partial charge in [0, 0.05) is 28.3 Å². The third kappa shape index (κ3) is 5.50. The number of benzene rings is 2. The summed E-state index contributed by atoms with van der Waals surface area (Å²) >= 11 is 13.5. The third-order valence-electron chi connectivity index (χ3n) is 4.70. The zero-order valence-electron chi connectivity index (χ0n) is 15.1. The van der Waals surface area contributed by atoms with E-state index in [1.807, 2.05) is 0 Å². The van der Waals surface area contributed by atoms with Crippen LogP contribution in [-0.2, 0) is 11.0 Å². The lowest BCUT2D eigenvalue weighted by atomic mass is 9.83. The first-order valence-electron chi connectivity index (χ1n) is 8.86. The molecule has 29 heavy (non-hydrogen) atoms. The van der Waals surface area contributed by atoms with Crippen molar-refractivity contribution in [2.45, 2.75) is 30.3 Å². The van der Waals surface area contributed by atoms with Gasteiger partial charge >= 0.3 is 6.18 Å².